The Morgan fingerprint density at radius 1 is 0.758 bits per heavy atom. The molecule has 0 fully saturated rings. The van der Waals surface area contributed by atoms with Gasteiger partial charge in [0.2, 0.25) is 0 Å². The lowest BCUT2D eigenvalue weighted by Gasteiger charge is -2.23. The molecule has 4 rings (SSSR count). The molecule has 4 aromatic carbocycles. The topological polar surface area (TPSA) is 26.3 Å². The molecule has 1 atom stereocenters. The Morgan fingerprint density at radius 2 is 1.24 bits per heavy atom. The number of benzene rings is 4. The van der Waals surface area contributed by atoms with Crippen LogP contribution in [-0.4, -0.2) is 5.97 Å². The molecule has 0 amide bonds. The van der Waals surface area contributed by atoms with Crippen molar-refractivity contribution in [3.05, 3.63) is 139 Å². The van der Waals surface area contributed by atoms with Crippen LogP contribution in [0.4, 0.5) is 0 Å². The van der Waals surface area contributed by atoms with Crippen molar-refractivity contribution in [3.63, 3.8) is 0 Å². The predicted molar refractivity (Wildman–Crippen MR) is 139 cm³/mol. The zero-order valence-electron chi connectivity index (χ0n) is 18.7. The van der Waals surface area contributed by atoms with Crippen LogP contribution in [0.2, 0.25) is 0 Å². The minimum Gasteiger partial charge on any atom is -0.454 e. The molecule has 0 saturated carbocycles. The Hall–Kier alpha value is -3.48. The van der Waals surface area contributed by atoms with Crippen molar-refractivity contribution < 1.29 is 9.53 Å². The Bertz CT molecular complexity index is 1160. The van der Waals surface area contributed by atoms with Gasteiger partial charge >= 0.3 is 5.97 Å². The van der Waals surface area contributed by atoms with Crippen molar-refractivity contribution in [1.29, 1.82) is 0 Å². The molecular formula is C30H27O2P. The summed E-state index contributed by atoms with van der Waals surface area (Å²) in [6.45, 7) is 6.00. The van der Waals surface area contributed by atoms with Crippen molar-refractivity contribution >= 4 is 29.8 Å². The van der Waals surface area contributed by atoms with Crippen LogP contribution >= 0.6 is 7.92 Å². The molecule has 0 unspecified atom stereocenters. The van der Waals surface area contributed by atoms with Crippen molar-refractivity contribution in [2.24, 2.45) is 0 Å². The number of carbonyl (C=O) groups excluding carboxylic acids is 1. The summed E-state index contributed by atoms with van der Waals surface area (Å²) in [5, 5.41) is 3.39. The van der Waals surface area contributed by atoms with Gasteiger partial charge in [-0.1, -0.05) is 121 Å². The highest BCUT2D eigenvalue weighted by molar-refractivity contribution is 7.80. The molecule has 0 aliphatic carbocycles. The van der Waals surface area contributed by atoms with E-state index < -0.39 is 7.92 Å². The van der Waals surface area contributed by atoms with Crippen LogP contribution < -0.4 is 15.9 Å². The molecule has 0 saturated heterocycles. The first-order valence-corrected chi connectivity index (χ1v) is 12.4. The first kappa shape index (κ1) is 22.7. The molecule has 33 heavy (non-hydrogen) atoms. The first-order chi connectivity index (χ1) is 16.1. The second-order valence-electron chi connectivity index (χ2n) is 7.99. The van der Waals surface area contributed by atoms with Gasteiger partial charge in [-0.2, -0.15) is 0 Å². The fraction of sp³-hybridized carbons (Fsp3) is 0.100. The normalized spacial score (nSPS) is 11.7. The molecular weight excluding hydrogens is 423 g/mol. The third kappa shape index (κ3) is 5.66. The molecule has 0 bridgehead atoms. The molecule has 3 heteroatoms. The van der Waals surface area contributed by atoms with Gasteiger partial charge < -0.3 is 4.74 Å². The zero-order chi connectivity index (χ0) is 23.0. The first-order valence-electron chi connectivity index (χ1n) is 11.0. The summed E-state index contributed by atoms with van der Waals surface area (Å²) in [7, 11) is -0.914. The van der Waals surface area contributed by atoms with E-state index in [4.69, 9.17) is 4.74 Å². The summed E-state index contributed by atoms with van der Waals surface area (Å²) in [5.74, 6) is -0.305. The van der Waals surface area contributed by atoms with E-state index in [-0.39, 0.29) is 12.1 Å². The lowest BCUT2D eigenvalue weighted by molar-refractivity contribution is 0.0299. The highest BCUT2D eigenvalue weighted by atomic mass is 31.1. The summed E-state index contributed by atoms with van der Waals surface area (Å²) in [4.78, 5) is 13.6. The van der Waals surface area contributed by atoms with Gasteiger partial charge in [-0.15, -0.1) is 0 Å². The van der Waals surface area contributed by atoms with Gasteiger partial charge in [0, 0.05) is 6.42 Å². The lowest BCUT2D eigenvalue weighted by atomic mass is 10.0. The molecule has 0 aliphatic rings. The Kier molecular flexibility index (Phi) is 7.50. The van der Waals surface area contributed by atoms with E-state index in [1.54, 1.807) is 0 Å². The Labute approximate surface area is 197 Å². The Balaban J connectivity index is 1.74. The quantitative estimate of drug-likeness (QED) is 0.179. The summed E-state index contributed by atoms with van der Waals surface area (Å²) in [6.07, 6.45) is 0.216. The Morgan fingerprint density at radius 3 is 1.79 bits per heavy atom. The molecule has 0 spiro atoms. The van der Waals surface area contributed by atoms with Gasteiger partial charge in [-0.3, -0.25) is 0 Å². The average Bonchev–Trinajstić information content (AvgIpc) is 2.86. The van der Waals surface area contributed by atoms with Gasteiger partial charge in [0.25, 0.3) is 0 Å². The molecule has 0 N–H and O–H groups in total. The molecule has 164 valence electrons. The van der Waals surface area contributed by atoms with Crippen molar-refractivity contribution in [1.82, 2.24) is 0 Å². The summed E-state index contributed by atoms with van der Waals surface area (Å²) >= 11 is 0. The summed E-state index contributed by atoms with van der Waals surface area (Å²) in [6, 6.07) is 38.5. The zero-order valence-corrected chi connectivity index (χ0v) is 19.6. The second-order valence-corrected chi connectivity index (χ2v) is 10.2. The third-order valence-electron chi connectivity index (χ3n) is 5.35. The van der Waals surface area contributed by atoms with E-state index in [2.05, 4.69) is 36.9 Å². The van der Waals surface area contributed by atoms with Gasteiger partial charge in [0.05, 0.1) is 5.56 Å². The van der Waals surface area contributed by atoms with Gasteiger partial charge in [-0.05, 0) is 42.4 Å². The van der Waals surface area contributed by atoms with E-state index in [0.717, 1.165) is 16.4 Å². The standard InChI is InChI=1S/C30H27O2P/c1-23(2)22-28(24-14-6-3-7-15-24)32-30(31)27-20-12-13-21-29(27)33(25-16-8-4-9-17-25)26-18-10-5-11-19-26/h3-21,28H,1,22H2,2H3/t28-/m0/s1. The lowest BCUT2D eigenvalue weighted by Crippen LogP contribution is -2.26. The summed E-state index contributed by atoms with van der Waals surface area (Å²) in [5.41, 5.74) is 2.56. The van der Waals surface area contributed by atoms with Gasteiger partial charge in [0.1, 0.15) is 6.10 Å². The molecule has 0 aliphatic heterocycles. The largest absolute Gasteiger partial charge is 0.454 e. The van der Waals surface area contributed by atoms with E-state index >= 15 is 0 Å². The van der Waals surface area contributed by atoms with Crippen LogP contribution in [0, 0.1) is 0 Å². The highest BCUT2D eigenvalue weighted by Crippen LogP contribution is 2.35. The van der Waals surface area contributed by atoms with E-state index in [1.807, 2.05) is 91.9 Å². The van der Waals surface area contributed by atoms with Crippen LogP contribution in [0.5, 0.6) is 0 Å². The van der Waals surface area contributed by atoms with Gasteiger partial charge in [-0.25, -0.2) is 4.79 Å². The van der Waals surface area contributed by atoms with Crippen molar-refractivity contribution in [3.8, 4) is 0 Å². The van der Waals surface area contributed by atoms with Crippen LogP contribution in [0.1, 0.15) is 35.4 Å². The minimum absolute atomic E-state index is 0.305. The maximum atomic E-state index is 13.6. The van der Waals surface area contributed by atoms with Crippen LogP contribution in [0.15, 0.2) is 127 Å². The maximum Gasteiger partial charge on any atom is 0.339 e. The monoisotopic (exact) mass is 450 g/mol. The van der Waals surface area contributed by atoms with Crippen molar-refractivity contribution in [2.45, 2.75) is 19.4 Å². The molecule has 0 aromatic heterocycles. The van der Waals surface area contributed by atoms with Crippen LogP contribution in [0.25, 0.3) is 0 Å². The van der Waals surface area contributed by atoms with E-state index in [9.17, 15) is 4.79 Å². The summed E-state index contributed by atoms with van der Waals surface area (Å²) < 4.78 is 6.11. The smallest absolute Gasteiger partial charge is 0.339 e. The van der Waals surface area contributed by atoms with Crippen LogP contribution in [0.3, 0.4) is 0 Å². The van der Waals surface area contributed by atoms with Crippen molar-refractivity contribution in [2.75, 3.05) is 0 Å². The molecule has 0 radical (unpaired) electrons. The maximum absolute atomic E-state index is 13.6. The SMILES string of the molecule is C=C(C)C[C@H](OC(=O)c1ccccc1P(c1ccccc1)c1ccccc1)c1ccccc1. The highest BCUT2D eigenvalue weighted by Gasteiger charge is 2.25. The van der Waals surface area contributed by atoms with Gasteiger partial charge in [0.15, 0.2) is 0 Å². The number of hydrogen-bond acceptors (Lipinski definition) is 2. The second kappa shape index (κ2) is 10.9. The fourth-order valence-corrected chi connectivity index (χ4v) is 6.26. The fourth-order valence-electron chi connectivity index (χ4n) is 3.83. The number of hydrogen-bond donors (Lipinski definition) is 0. The molecule has 4 aromatic rings. The third-order valence-corrected chi connectivity index (χ3v) is 7.85. The number of esters is 1. The van der Waals surface area contributed by atoms with E-state index in [0.29, 0.717) is 12.0 Å². The minimum atomic E-state index is -0.914. The predicted octanol–water partition coefficient (Wildman–Crippen LogP) is 6.31. The molecule has 2 nitrogen and oxygen atoms in total. The van der Waals surface area contributed by atoms with Crippen LogP contribution in [-0.2, 0) is 4.74 Å². The molecule has 0 heterocycles. The number of carbonyl (C=O) groups is 1. The number of rotatable bonds is 8. The number of ether oxygens (including phenoxy) is 1. The van der Waals surface area contributed by atoms with E-state index in [1.165, 1.54) is 10.6 Å². The average molecular weight is 451 g/mol.